The second kappa shape index (κ2) is 5.39. The standard InChI is InChI=1S/C19H19NO3/c21-12-19(9-10-19)20-18(22)23-11-17-15-7-3-1-5-13(15)14-6-2-4-8-16(14)17/h1-8,17,21H,9-12H2,(H,20,22). The molecule has 0 atom stereocenters. The minimum absolute atomic E-state index is 0.0306. The summed E-state index contributed by atoms with van der Waals surface area (Å²) >= 11 is 0. The number of rotatable bonds is 4. The van der Waals surface area contributed by atoms with Crippen molar-refractivity contribution in [2.75, 3.05) is 13.2 Å². The molecule has 2 N–H and O–H groups in total. The number of nitrogens with one attached hydrogen (secondary N) is 1. The Morgan fingerprint density at radius 2 is 1.65 bits per heavy atom. The van der Waals surface area contributed by atoms with Crippen LogP contribution in [0.25, 0.3) is 11.1 Å². The van der Waals surface area contributed by atoms with Crippen molar-refractivity contribution in [1.82, 2.24) is 5.32 Å². The first-order chi connectivity index (χ1) is 11.2. The predicted molar refractivity (Wildman–Crippen MR) is 87.3 cm³/mol. The number of hydrogen-bond acceptors (Lipinski definition) is 3. The molecule has 2 aliphatic rings. The van der Waals surface area contributed by atoms with Gasteiger partial charge in [-0.1, -0.05) is 48.5 Å². The first-order valence-electron chi connectivity index (χ1n) is 7.96. The molecule has 0 spiro atoms. The van der Waals surface area contributed by atoms with Gasteiger partial charge in [-0.2, -0.15) is 0 Å². The number of carbonyl (C=O) groups excluding carboxylic acids is 1. The van der Waals surface area contributed by atoms with Crippen LogP contribution < -0.4 is 5.32 Å². The average molecular weight is 309 g/mol. The Morgan fingerprint density at radius 3 is 2.17 bits per heavy atom. The molecular formula is C19H19NO3. The van der Waals surface area contributed by atoms with Gasteiger partial charge in [-0.05, 0) is 35.1 Å². The molecule has 4 rings (SSSR count). The number of aliphatic hydroxyl groups is 1. The van der Waals surface area contributed by atoms with Crippen molar-refractivity contribution in [3.05, 3.63) is 59.7 Å². The van der Waals surface area contributed by atoms with Gasteiger partial charge in [0.1, 0.15) is 6.61 Å². The lowest BCUT2D eigenvalue weighted by atomic mass is 9.98. The van der Waals surface area contributed by atoms with Gasteiger partial charge in [-0.15, -0.1) is 0 Å². The van der Waals surface area contributed by atoms with Crippen LogP contribution in [-0.4, -0.2) is 30.0 Å². The van der Waals surface area contributed by atoms with Gasteiger partial charge in [0.2, 0.25) is 0 Å². The van der Waals surface area contributed by atoms with Crippen molar-refractivity contribution in [3.8, 4) is 11.1 Å². The van der Waals surface area contributed by atoms with E-state index in [1.807, 2.05) is 24.3 Å². The maximum Gasteiger partial charge on any atom is 0.407 e. The molecule has 0 radical (unpaired) electrons. The molecule has 2 aromatic carbocycles. The zero-order valence-corrected chi connectivity index (χ0v) is 12.8. The molecule has 1 fully saturated rings. The summed E-state index contributed by atoms with van der Waals surface area (Å²) < 4.78 is 5.46. The average Bonchev–Trinajstić information content (AvgIpc) is 3.28. The Bertz CT molecular complexity index is 706. The second-order valence-corrected chi connectivity index (χ2v) is 6.39. The highest BCUT2D eigenvalue weighted by Crippen LogP contribution is 2.44. The maximum absolute atomic E-state index is 12.0. The van der Waals surface area contributed by atoms with Crippen molar-refractivity contribution < 1.29 is 14.6 Å². The zero-order valence-electron chi connectivity index (χ0n) is 12.8. The highest BCUT2D eigenvalue weighted by molar-refractivity contribution is 5.79. The van der Waals surface area contributed by atoms with E-state index in [-0.39, 0.29) is 12.5 Å². The number of carbonyl (C=O) groups is 1. The lowest BCUT2D eigenvalue weighted by Gasteiger charge is -2.17. The van der Waals surface area contributed by atoms with Crippen molar-refractivity contribution in [2.24, 2.45) is 0 Å². The largest absolute Gasteiger partial charge is 0.449 e. The molecule has 0 saturated heterocycles. The highest BCUT2D eigenvalue weighted by Gasteiger charge is 2.44. The molecule has 1 amide bonds. The molecule has 2 aromatic rings. The summed E-state index contributed by atoms with van der Waals surface area (Å²) in [6.45, 7) is 0.276. The fourth-order valence-corrected chi connectivity index (χ4v) is 3.32. The Hall–Kier alpha value is -2.33. The van der Waals surface area contributed by atoms with Crippen LogP contribution in [-0.2, 0) is 4.74 Å². The van der Waals surface area contributed by atoms with E-state index in [1.165, 1.54) is 22.3 Å². The van der Waals surface area contributed by atoms with Crippen LogP contribution in [0.4, 0.5) is 4.79 Å². The van der Waals surface area contributed by atoms with Crippen LogP contribution in [0.5, 0.6) is 0 Å². The minimum atomic E-state index is -0.446. The van der Waals surface area contributed by atoms with E-state index >= 15 is 0 Å². The number of aliphatic hydroxyl groups excluding tert-OH is 1. The molecule has 23 heavy (non-hydrogen) atoms. The van der Waals surface area contributed by atoms with Gasteiger partial charge in [0.25, 0.3) is 0 Å². The Morgan fingerprint density at radius 1 is 1.09 bits per heavy atom. The number of fused-ring (bicyclic) bond motifs is 3. The van der Waals surface area contributed by atoms with Gasteiger partial charge in [0.15, 0.2) is 0 Å². The molecule has 118 valence electrons. The summed E-state index contributed by atoms with van der Waals surface area (Å²) in [5.41, 5.74) is 4.38. The molecule has 4 heteroatoms. The number of amides is 1. The summed E-state index contributed by atoms with van der Waals surface area (Å²) in [7, 11) is 0. The first-order valence-corrected chi connectivity index (χ1v) is 7.96. The summed E-state index contributed by atoms with van der Waals surface area (Å²) in [5, 5.41) is 12.1. The van der Waals surface area contributed by atoms with Crippen molar-refractivity contribution in [3.63, 3.8) is 0 Å². The van der Waals surface area contributed by atoms with E-state index in [4.69, 9.17) is 4.74 Å². The van der Waals surface area contributed by atoms with Crippen LogP contribution >= 0.6 is 0 Å². The molecule has 0 heterocycles. The van der Waals surface area contributed by atoms with E-state index in [1.54, 1.807) is 0 Å². The second-order valence-electron chi connectivity index (χ2n) is 6.39. The van der Waals surface area contributed by atoms with Crippen LogP contribution in [0, 0.1) is 0 Å². The normalized spacial score (nSPS) is 17.3. The van der Waals surface area contributed by atoms with E-state index < -0.39 is 11.6 Å². The van der Waals surface area contributed by atoms with Crippen LogP contribution in [0.2, 0.25) is 0 Å². The van der Waals surface area contributed by atoms with Gasteiger partial charge in [0.05, 0.1) is 12.1 Å². The number of benzene rings is 2. The molecule has 1 saturated carbocycles. The zero-order chi connectivity index (χ0) is 15.9. The van der Waals surface area contributed by atoms with Crippen molar-refractivity contribution >= 4 is 6.09 Å². The molecule has 0 aliphatic heterocycles. The van der Waals surface area contributed by atoms with E-state index in [0.717, 1.165) is 12.8 Å². The lowest BCUT2D eigenvalue weighted by Crippen LogP contribution is -2.40. The third-order valence-corrected chi connectivity index (χ3v) is 4.87. The molecular weight excluding hydrogens is 290 g/mol. The number of alkyl carbamates (subject to hydrolysis) is 1. The highest BCUT2D eigenvalue weighted by atomic mass is 16.5. The van der Waals surface area contributed by atoms with Crippen LogP contribution in [0.15, 0.2) is 48.5 Å². The SMILES string of the molecule is O=C(NC1(CO)CC1)OCC1c2ccccc2-c2ccccc21. The van der Waals surface area contributed by atoms with E-state index in [2.05, 4.69) is 29.6 Å². The Balaban J connectivity index is 1.52. The van der Waals surface area contributed by atoms with Crippen molar-refractivity contribution in [1.29, 1.82) is 0 Å². The van der Waals surface area contributed by atoms with Crippen LogP contribution in [0.1, 0.15) is 29.9 Å². The van der Waals surface area contributed by atoms with Gasteiger partial charge < -0.3 is 15.2 Å². The fraction of sp³-hybridized carbons (Fsp3) is 0.316. The van der Waals surface area contributed by atoms with E-state index in [0.29, 0.717) is 6.61 Å². The van der Waals surface area contributed by atoms with Gasteiger partial charge in [-0.25, -0.2) is 4.79 Å². The van der Waals surface area contributed by atoms with Crippen LogP contribution in [0.3, 0.4) is 0 Å². The van der Waals surface area contributed by atoms with Gasteiger partial charge in [0, 0.05) is 5.92 Å². The summed E-state index contributed by atoms with van der Waals surface area (Å²) in [6.07, 6.45) is 1.18. The van der Waals surface area contributed by atoms with Gasteiger partial charge >= 0.3 is 6.09 Å². The summed E-state index contributed by atoms with van der Waals surface area (Å²) in [4.78, 5) is 12.0. The summed E-state index contributed by atoms with van der Waals surface area (Å²) in [5.74, 6) is 0.0671. The monoisotopic (exact) mass is 309 g/mol. The molecule has 0 bridgehead atoms. The van der Waals surface area contributed by atoms with Gasteiger partial charge in [-0.3, -0.25) is 0 Å². The first kappa shape index (κ1) is 14.3. The minimum Gasteiger partial charge on any atom is -0.449 e. The third-order valence-electron chi connectivity index (χ3n) is 4.87. The molecule has 2 aliphatic carbocycles. The van der Waals surface area contributed by atoms with E-state index in [9.17, 15) is 9.90 Å². The molecule has 4 nitrogen and oxygen atoms in total. The molecule has 0 unspecified atom stereocenters. The topological polar surface area (TPSA) is 58.6 Å². The predicted octanol–water partition coefficient (Wildman–Crippen LogP) is 3.05. The number of ether oxygens (including phenoxy) is 1. The quantitative estimate of drug-likeness (QED) is 0.912. The smallest absolute Gasteiger partial charge is 0.407 e. The molecule has 0 aromatic heterocycles. The third kappa shape index (κ3) is 2.49. The summed E-state index contributed by atoms with van der Waals surface area (Å²) in [6, 6.07) is 16.5. The van der Waals surface area contributed by atoms with Crippen molar-refractivity contribution in [2.45, 2.75) is 24.3 Å². The fourth-order valence-electron chi connectivity index (χ4n) is 3.32. The lowest BCUT2D eigenvalue weighted by molar-refractivity contribution is 0.129. The maximum atomic E-state index is 12.0. The Labute approximate surface area is 135 Å². The number of hydrogen-bond donors (Lipinski definition) is 2. The Kier molecular flexibility index (Phi) is 3.34.